The van der Waals surface area contributed by atoms with Crippen molar-refractivity contribution in [3.63, 3.8) is 0 Å². The van der Waals surface area contributed by atoms with E-state index >= 15 is 0 Å². The molecule has 2 N–H and O–H groups in total. The highest BCUT2D eigenvalue weighted by atomic mass is 16.2. The third-order valence-electron chi connectivity index (χ3n) is 6.08. The third kappa shape index (κ3) is 6.09. The number of nitrogens with zero attached hydrogens (tertiary/aromatic N) is 4. The lowest BCUT2D eigenvalue weighted by Crippen LogP contribution is -2.50. The van der Waals surface area contributed by atoms with E-state index in [2.05, 4.69) is 32.7 Å². The molecule has 4 rings (SSSR count). The second-order valence-corrected chi connectivity index (χ2v) is 8.50. The highest BCUT2D eigenvalue weighted by molar-refractivity contribution is 5.79. The minimum Gasteiger partial charge on any atom is -0.368 e. The maximum atomic E-state index is 12.9. The number of anilines is 2. The Morgan fingerprint density at radius 1 is 1.03 bits per heavy atom. The van der Waals surface area contributed by atoms with Crippen LogP contribution in [0.1, 0.15) is 26.2 Å². The van der Waals surface area contributed by atoms with Gasteiger partial charge in [-0.2, -0.15) is 0 Å². The first-order chi connectivity index (χ1) is 16.1. The second-order valence-electron chi connectivity index (χ2n) is 8.50. The summed E-state index contributed by atoms with van der Waals surface area (Å²) in [5.41, 5.74) is 0.948. The largest absolute Gasteiger partial charge is 0.368 e. The SMILES string of the molecule is CC(=O)NCCNc1cc(N2CCN(C(=O)C3CC=CCC3)CC2)nc(-c2ccccc2)n1. The summed E-state index contributed by atoms with van der Waals surface area (Å²) in [6.07, 6.45) is 7.11. The van der Waals surface area contributed by atoms with Gasteiger partial charge in [0.2, 0.25) is 11.8 Å². The molecule has 2 aromatic rings. The molecular weight excluding hydrogens is 416 g/mol. The number of hydrogen-bond donors (Lipinski definition) is 2. The number of nitrogens with one attached hydrogen (secondary N) is 2. The van der Waals surface area contributed by atoms with Crippen molar-refractivity contribution in [3.8, 4) is 11.4 Å². The summed E-state index contributed by atoms with van der Waals surface area (Å²) in [6.45, 7) is 5.49. The monoisotopic (exact) mass is 448 g/mol. The van der Waals surface area contributed by atoms with E-state index in [0.717, 1.165) is 49.6 Å². The van der Waals surface area contributed by atoms with Crippen molar-refractivity contribution < 1.29 is 9.59 Å². The average molecular weight is 449 g/mol. The minimum atomic E-state index is -0.0539. The third-order valence-corrected chi connectivity index (χ3v) is 6.08. The Kier molecular flexibility index (Phi) is 7.55. The predicted molar refractivity (Wildman–Crippen MR) is 130 cm³/mol. The molecule has 2 aliphatic rings. The van der Waals surface area contributed by atoms with E-state index in [1.54, 1.807) is 0 Å². The molecule has 0 spiro atoms. The first-order valence-corrected chi connectivity index (χ1v) is 11.7. The topological polar surface area (TPSA) is 90.5 Å². The van der Waals surface area contributed by atoms with Crippen molar-refractivity contribution in [2.45, 2.75) is 26.2 Å². The van der Waals surface area contributed by atoms with Gasteiger partial charge >= 0.3 is 0 Å². The lowest BCUT2D eigenvalue weighted by molar-refractivity contribution is -0.136. The van der Waals surface area contributed by atoms with Gasteiger partial charge in [0.05, 0.1) is 0 Å². The zero-order valence-corrected chi connectivity index (χ0v) is 19.2. The Bertz CT molecular complexity index is 986. The Balaban J connectivity index is 1.45. The summed E-state index contributed by atoms with van der Waals surface area (Å²) >= 11 is 0. The fraction of sp³-hybridized carbons (Fsp3) is 0.440. The van der Waals surface area contributed by atoms with Gasteiger partial charge in [-0.1, -0.05) is 42.5 Å². The van der Waals surface area contributed by atoms with Crippen LogP contribution < -0.4 is 15.5 Å². The summed E-state index contributed by atoms with van der Waals surface area (Å²) in [7, 11) is 0. The van der Waals surface area contributed by atoms with Crippen molar-refractivity contribution in [2.75, 3.05) is 49.5 Å². The summed E-state index contributed by atoms with van der Waals surface area (Å²) < 4.78 is 0. The highest BCUT2D eigenvalue weighted by Crippen LogP contribution is 2.25. The number of carbonyl (C=O) groups excluding carboxylic acids is 2. The molecule has 174 valence electrons. The molecule has 0 radical (unpaired) electrons. The average Bonchev–Trinajstić information content (AvgIpc) is 2.87. The number of hydrogen-bond acceptors (Lipinski definition) is 6. The number of rotatable bonds is 7. The van der Waals surface area contributed by atoms with Crippen LogP contribution in [0.25, 0.3) is 11.4 Å². The molecule has 33 heavy (non-hydrogen) atoms. The van der Waals surface area contributed by atoms with Gasteiger partial charge in [-0.3, -0.25) is 9.59 Å². The van der Waals surface area contributed by atoms with Crippen molar-refractivity contribution >= 4 is 23.5 Å². The van der Waals surface area contributed by atoms with Crippen LogP contribution in [-0.2, 0) is 9.59 Å². The van der Waals surface area contributed by atoms with Gasteiger partial charge in [-0.05, 0) is 19.3 Å². The molecule has 1 fully saturated rings. The smallest absolute Gasteiger partial charge is 0.226 e. The quantitative estimate of drug-likeness (QED) is 0.500. The Labute approximate surface area is 195 Å². The van der Waals surface area contributed by atoms with E-state index in [-0.39, 0.29) is 17.7 Å². The van der Waals surface area contributed by atoms with E-state index in [1.165, 1.54) is 6.92 Å². The number of allylic oxidation sites excluding steroid dienone is 2. The van der Waals surface area contributed by atoms with Crippen LogP contribution in [0, 0.1) is 5.92 Å². The molecule has 2 amide bonds. The maximum Gasteiger partial charge on any atom is 0.226 e. The van der Waals surface area contributed by atoms with Gasteiger partial charge in [-0.25, -0.2) is 9.97 Å². The Morgan fingerprint density at radius 2 is 1.82 bits per heavy atom. The summed E-state index contributed by atoms with van der Waals surface area (Å²) in [4.78, 5) is 37.8. The molecular formula is C25H32N6O2. The molecule has 8 nitrogen and oxygen atoms in total. The van der Waals surface area contributed by atoms with Gasteiger partial charge in [0, 0.05) is 63.7 Å². The zero-order valence-electron chi connectivity index (χ0n) is 19.2. The second kappa shape index (κ2) is 10.9. The van der Waals surface area contributed by atoms with Gasteiger partial charge < -0.3 is 20.4 Å². The van der Waals surface area contributed by atoms with E-state index in [9.17, 15) is 9.59 Å². The van der Waals surface area contributed by atoms with Crippen molar-refractivity contribution in [2.24, 2.45) is 5.92 Å². The lowest BCUT2D eigenvalue weighted by atomic mass is 9.93. The van der Waals surface area contributed by atoms with Crippen molar-refractivity contribution in [1.82, 2.24) is 20.2 Å². The molecule has 2 heterocycles. The number of benzene rings is 1. The van der Waals surface area contributed by atoms with Crippen LogP contribution in [0.2, 0.25) is 0 Å². The number of amides is 2. The van der Waals surface area contributed by atoms with E-state index in [4.69, 9.17) is 4.98 Å². The zero-order chi connectivity index (χ0) is 23.0. The highest BCUT2D eigenvalue weighted by Gasteiger charge is 2.28. The fourth-order valence-electron chi connectivity index (χ4n) is 4.26. The molecule has 1 aliphatic heterocycles. The number of aromatic nitrogens is 2. The molecule has 1 aromatic carbocycles. The predicted octanol–water partition coefficient (Wildman–Crippen LogP) is 2.70. The molecule has 8 heteroatoms. The van der Waals surface area contributed by atoms with Crippen molar-refractivity contribution in [1.29, 1.82) is 0 Å². The van der Waals surface area contributed by atoms with E-state index in [1.807, 2.05) is 41.3 Å². The summed E-state index contributed by atoms with van der Waals surface area (Å²) in [5.74, 6) is 2.58. The molecule has 1 unspecified atom stereocenters. The molecule has 0 saturated carbocycles. The number of carbonyl (C=O) groups is 2. The minimum absolute atomic E-state index is 0.0539. The Hall–Kier alpha value is -3.42. The first kappa shape index (κ1) is 22.8. The van der Waals surface area contributed by atoms with Crippen LogP contribution in [0.15, 0.2) is 48.6 Å². The van der Waals surface area contributed by atoms with Crippen LogP contribution in [0.3, 0.4) is 0 Å². The van der Waals surface area contributed by atoms with Gasteiger partial charge in [0.15, 0.2) is 5.82 Å². The Morgan fingerprint density at radius 3 is 2.52 bits per heavy atom. The molecule has 1 aromatic heterocycles. The van der Waals surface area contributed by atoms with Crippen LogP contribution >= 0.6 is 0 Å². The van der Waals surface area contributed by atoms with Crippen LogP contribution in [0.4, 0.5) is 11.6 Å². The standard InChI is InChI=1S/C25H32N6O2/c1-19(32)26-12-13-27-22-18-23(29-24(28-22)20-8-4-2-5-9-20)30-14-16-31(17-15-30)25(33)21-10-6-3-7-11-21/h2-6,8-9,18,21H,7,10-17H2,1H3,(H,26,32)(H,27,28,29). The molecule has 1 aliphatic carbocycles. The van der Waals surface area contributed by atoms with Crippen LogP contribution in [0.5, 0.6) is 0 Å². The van der Waals surface area contributed by atoms with E-state index < -0.39 is 0 Å². The van der Waals surface area contributed by atoms with Crippen LogP contribution in [-0.4, -0.2) is 66.0 Å². The number of piperazine rings is 1. The normalized spacial score (nSPS) is 18.2. The summed E-state index contributed by atoms with van der Waals surface area (Å²) in [6, 6.07) is 11.9. The lowest BCUT2D eigenvalue weighted by Gasteiger charge is -2.37. The maximum absolute atomic E-state index is 12.9. The fourth-order valence-corrected chi connectivity index (χ4v) is 4.26. The molecule has 0 bridgehead atoms. The first-order valence-electron chi connectivity index (χ1n) is 11.7. The summed E-state index contributed by atoms with van der Waals surface area (Å²) in [5, 5.41) is 6.08. The van der Waals surface area contributed by atoms with Gasteiger partial charge in [-0.15, -0.1) is 0 Å². The van der Waals surface area contributed by atoms with Crippen molar-refractivity contribution in [3.05, 3.63) is 48.6 Å². The van der Waals surface area contributed by atoms with Gasteiger partial charge in [0.1, 0.15) is 11.6 Å². The molecule has 1 saturated heterocycles. The molecule has 1 atom stereocenters. The van der Waals surface area contributed by atoms with E-state index in [0.29, 0.717) is 32.0 Å². The van der Waals surface area contributed by atoms with Gasteiger partial charge in [0.25, 0.3) is 0 Å².